The molecule has 40 valence electrons. The first kappa shape index (κ1) is 5.04. The Balaban J connectivity index is 2.64. The third-order valence-corrected chi connectivity index (χ3v) is 2.22. The van der Waals surface area contributed by atoms with E-state index in [1.54, 1.807) is 11.8 Å². The maximum absolute atomic E-state index is 5.52. The molecule has 1 aliphatic rings. The lowest BCUT2D eigenvalue weighted by Gasteiger charge is -1.87. The highest BCUT2D eigenvalue weighted by Crippen LogP contribution is 2.25. The summed E-state index contributed by atoms with van der Waals surface area (Å²) in [4.78, 5) is 0. The molecule has 1 aliphatic heterocycles. The average molecular weight is 115 g/mol. The van der Waals surface area contributed by atoms with E-state index in [9.17, 15) is 0 Å². The first-order valence-electron chi connectivity index (χ1n) is 2.39. The number of rotatable bonds is 0. The van der Waals surface area contributed by atoms with E-state index in [1.165, 1.54) is 17.7 Å². The summed E-state index contributed by atoms with van der Waals surface area (Å²) in [7, 11) is 0. The van der Waals surface area contributed by atoms with Crippen LogP contribution in [0.4, 0.5) is 0 Å². The normalized spacial score (nSPS) is 21.3. The van der Waals surface area contributed by atoms with Crippen LogP contribution in [0, 0.1) is 0 Å². The molecular formula is C5H9NS. The number of hydrogen-bond acceptors (Lipinski definition) is 2. The number of hydrogen-bond donors (Lipinski definition) is 1. The summed E-state index contributed by atoms with van der Waals surface area (Å²) < 4.78 is 0. The lowest BCUT2D eigenvalue weighted by Crippen LogP contribution is -1.88. The largest absolute Gasteiger partial charge is 0.394 e. The summed E-state index contributed by atoms with van der Waals surface area (Å²) in [6.45, 7) is 2.09. The first-order chi connectivity index (χ1) is 3.30. The molecule has 1 rings (SSSR count). The van der Waals surface area contributed by atoms with Gasteiger partial charge in [0.15, 0.2) is 0 Å². The summed E-state index contributed by atoms with van der Waals surface area (Å²) >= 11 is 1.76. The number of allylic oxidation sites excluding steroid dienone is 1. The van der Waals surface area contributed by atoms with Gasteiger partial charge in [0.2, 0.25) is 0 Å². The molecule has 0 radical (unpaired) electrons. The van der Waals surface area contributed by atoms with Gasteiger partial charge in [-0.3, -0.25) is 0 Å². The molecule has 2 heteroatoms. The minimum Gasteiger partial charge on any atom is -0.394 e. The number of thioether (sulfide) groups is 1. The van der Waals surface area contributed by atoms with Gasteiger partial charge in [0.05, 0.1) is 5.03 Å². The van der Waals surface area contributed by atoms with Crippen molar-refractivity contribution in [2.45, 2.75) is 13.3 Å². The van der Waals surface area contributed by atoms with Crippen molar-refractivity contribution in [3.8, 4) is 0 Å². The van der Waals surface area contributed by atoms with Crippen LogP contribution in [0.2, 0.25) is 0 Å². The summed E-state index contributed by atoms with van der Waals surface area (Å²) in [6.07, 6.45) is 1.19. The van der Waals surface area contributed by atoms with Gasteiger partial charge in [-0.25, -0.2) is 0 Å². The van der Waals surface area contributed by atoms with Crippen LogP contribution in [-0.2, 0) is 0 Å². The minimum absolute atomic E-state index is 1.04. The first-order valence-corrected chi connectivity index (χ1v) is 3.37. The van der Waals surface area contributed by atoms with Gasteiger partial charge < -0.3 is 5.73 Å². The molecule has 0 saturated carbocycles. The van der Waals surface area contributed by atoms with E-state index >= 15 is 0 Å². The molecule has 1 nitrogen and oxygen atoms in total. The summed E-state index contributed by atoms with van der Waals surface area (Å²) in [5, 5.41) is 1.04. The van der Waals surface area contributed by atoms with Gasteiger partial charge in [0, 0.05) is 5.75 Å². The highest BCUT2D eigenvalue weighted by molar-refractivity contribution is 8.03. The number of nitrogens with two attached hydrogens (primary N) is 1. The molecule has 1 heterocycles. The Kier molecular flexibility index (Phi) is 1.28. The monoisotopic (exact) mass is 115 g/mol. The van der Waals surface area contributed by atoms with E-state index in [-0.39, 0.29) is 0 Å². The highest BCUT2D eigenvalue weighted by Gasteiger charge is 2.05. The Hall–Kier alpha value is -0.110. The predicted octanol–water partition coefficient (Wildman–Crippen LogP) is 1.31. The molecule has 0 unspecified atom stereocenters. The van der Waals surface area contributed by atoms with Gasteiger partial charge in [-0.2, -0.15) is 0 Å². The zero-order chi connectivity index (χ0) is 5.28. The van der Waals surface area contributed by atoms with Crippen LogP contribution in [-0.4, -0.2) is 5.75 Å². The van der Waals surface area contributed by atoms with Crippen molar-refractivity contribution in [3.63, 3.8) is 0 Å². The Morgan fingerprint density at radius 1 is 1.71 bits per heavy atom. The Bertz CT molecular complexity index is 94.6. The van der Waals surface area contributed by atoms with Gasteiger partial charge in [0.1, 0.15) is 0 Å². The molecule has 0 aromatic heterocycles. The zero-order valence-corrected chi connectivity index (χ0v) is 5.22. The second kappa shape index (κ2) is 1.78. The fourth-order valence-corrected chi connectivity index (χ4v) is 1.54. The average Bonchev–Trinajstić information content (AvgIpc) is 1.91. The third kappa shape index (κ3) is 0.911. The molecule has 2 N–H and O–H groups in total. The van der Waals surface area contributed by atoms with Gasteiger partial charge in [0.25, 0.3) is 0 Å². The van der Waals surface area contributed by atoms with Crippen molar-refractivity contribution < 1.29 is 0 Å². The van der Waals surface area contributed by atoms with Crippen LogP contribution in [0.3, 0.4) is 0 Å². The maximum Gasteiger partial charge on any atom is 0.0644 e. The fourth-order valence-electron chi connectivity index (χ4n) is 0.560. The smallest absolute Gasteiger partial charge is 0.0644 e. The Labute approximate surface area is 48.0 Å². The maximum atomic E-state index is 5.52. The fraction of sp³-hybridized carbons (Fsp3) is 0.600. The van der Waals surface area contributed by atoms with Crippen LogP contribution in [0.5, 0.6) is 0 Å². The van der Waals surface area contributed by atoms with Crippen LogP contribution in [0.15, 0.2) is 10.6 Å². The van der Waals surface area contributed by atoms with E-state index in [4.69, 9.17) is 5.73 Å². The zero-order valence-electron chi connectivity index (χ0n) is 4.40. The van der Waals surface area contributed by atoms with E-state index < -0.39 is 0 Å². The lowest BCUT2D eigenvalue weighted by atomic mass is 10.3. The van der Waals surface area contributed by atoms with Crippen LogP contribution in [0.25, 0.3) is 0 Å². The molecule has 0 saturated heterocycles. The van der Waals surface area contributed by atoms with E-state index in [1.807, 2.05) is 0 Å². The van der Waals surface area contributed by atoms with Crippen molar-refractivity contribution in [2.24, 2.45) is 5.73 Å². The molecule has 0 aromatic rings. The van der Waals surface area contributed by atoms with Crippen molar-refractivity contribution in [1.82, 2.24) is 0 Å². The predicted molar refractivity (Wildman–Crippen MR) is 34.0 cm³/mol. The highest BCUT2D eigenvalue weighted by atomic mass is 32.2. The van der Waals surface area contributed by atoms with Crippen LogP contribution in [0.1, 0.15) is 13.3 Å². The molecular weight excluding hydrogens is 106 g/mol. The summed E-state index contributed by atoms with van der Waals surface area (Å²) in [5.74, 6) is 1.19. The summed E-state index contributed by atoms with van der Waals surface area (Å²) in [5.41, 5.74) is 6.89. The lowest BCUT2D eigenvalue weighted by molar-refractivity contribution is 1.13. The van der Waals surface area contributed by atoms with E-state index in [2.05, 4.69) is 6.92 Å². The molecule has 0 spiro atoms. The minimum atomic E-state index is 1.04. The van der Waals surface area contributed by atoms with E-state index in [0.29, 0.717) is 0 Å². The van der Waals surface area contributed by atoms with E-state index in [0.717, 1.165) is 5.03 Å². The van der Waals surface area contributed by atoms with Crippen molar-refractivity contribution in [2.75, 3.05) is 5.75 Å². The van der Waals surface area contributed by atoms with Gasteiger partial charge >= 0.3 is 0 Å². The van der Waals surface area contributed by atoms with Crippen molar-refractivity contribution in [3.05, 3.63) is 10.6 Å². The molecule has 0 amide bonds. The van der Waals surface area contributed by atoms with Crippen molar-refractivity contribution in [1.29, 1.82) is 0 Å². The Morgan fingerprint density at radius 3 is 2.57 bits per heavy atom. The third-order valence-electron chi connectivity index (χ3n) is 1.16. The molecule has 0 bridgehead atoms. The molecule has 0 fully saturated rings. The summed E-state index contributed by atoms with van der Waals surface area (Å²) in [6, 6.07) is 0. The molecule has 0 aromatic carbocycles. The topological polar surface area (TPSA) is 26.0 Å². The van der Waals surface area contributed by atoms with Gasteiger partial charge in [-0.05, 0) is 18.9 Å². The molecule has 7 heavy (non-hydrogen) atoms. The Morgan fingerprint density at radius 2 is 2.43 bits per heavy atom. The van der Waals surface area contributed by atoms with Gasteiger partial charge in [-0.15, -0.1) is 11.8 Å². The van der Waals surface area contributed by atoms with Gasteiger partial charge in [-0.1, -0.05) is 0 Å². The second-order valence-electron chi connectivity index (χ2n) is 1.74. The SMILES string of the molecule is CC1=C(N)SCC1. The van der Waals surface area contributed by atoms with Crippen LogP contribution >= 0.6 is 11.8 Å². The van der Waals surface area contributed by atoms with Crippen LogP contribution < -0.4 is 5.73 Å². The second-order valence-corrected chi connectivity index (χ2v) is 2.88. The standard InChI is InChI=1S/C5H9NS/c1-4-2-3-7-5(4)6/h2-3,6H2,1H3. The van der Waals surface area contributed by atoms with Crippen molar-refractivity contribution >= 4 is 11.8 Å². The molecule has 0 atom stereocenters. The quantitative estimate of drug-likeness (QED) is 0.515. The molecule has 0 aliphatic carbocycles.